The molecular formula is C20H16F3N3O2. The lowest BCUT2D eigenvalue weighted by Gasteiger charge is -2.12. The van der Waals surface area contributed by atoms with Crippen molar-refractivity contribution in [3.8, 4) is 11.1 Å². The summed E-state index contributed by atoms with van der Waals surface area (Å²) >= 11 is 0. The van der Waals surface area contributed by atoms with E-state index in [1.54, 1.807) is 43.6 Å². The van der Waals surface area contributed by atoms with Gasteiger partial charge >= 0.3 is 6.18 Å². The van der Waals surface area contributed by atoms with Gasteiger partial charge in [0.15, 0.2) is 0 Å². The van der Waals surface area contributed by atoms with E-state index in [0.29, 0.717) is 11.1 Å². The summed E-state index contributed by atoms with van der Waals surface area (Å²) < 4.78 is 39.8. The standard InChI is InChI=1S/C20H16F3N3O2/c1-26-11-10-16(17(26)18(24)27)25-19(28)15-5-3-2-4-14(15)12-6-8-13(9-7-12)20(21,22)23/h2-11H,1H3,(H2,24,27)(H,25,28). The van der Waals surface area contributed by atoms with Crippen LogP contribution in [-0.2, 0) is 13.2 Å². The maximum Gasteiger partial charge on any atom is 0.416 e. The molecule has 3 aromatic rings. The van der Waals surface area contributed by atoms with Gasteiger partial charge in [-0.15, -0.1) is 0 Å². The Balaban J connectivity index is 1.94. The van der Waals surface area contributed by atoms with Crippen molar-refractivity contribution in [2.75, 3.05) is 5.32 Å². The smallest absolute Gasteiger partial charge is 0.364 e. The molecule has 0 radical (unpaired) electrons. The zero-order valence-corrected chi connectivity index (χ0v) is 14.7. The average molecular weight is 387 g/mol. The number of carbonyl (C=O) groups excluding carboxylic acids is 2. The summed E-state index contributed by atoms with van der Waals surface area (Å²) in [4.78, 5) is 24.3. The molecule has 3 rings (SSSR count). The first-order valence-electron chi connectivity index (χ1n) is 8.21. The minimum absolute atomic E-state index is 0.139. The van der Waals surface area contributed by atoms with Crippen LogP contribution in [0.15, 0.2) is 60.8 Å². The summed E-state index contributed by atoms with van der Waals surface area (Å²) in [5.74, 6) is -1.21. The number of nitrogens with two attached hydrogens (primary N) is 1. The van der Waals surface area contributed by atoms with Crippen molar-refractivity contribution in [2.45, 2.75) is 6.18 Å². The number of rotatable bonds is 4. The Morgan fingerprint density at radius 1 is 1.00 bits per heavy atom. The first kappa shape index (κ1) is 19.2. The molecule has 144 valence electrons. The van der Waals surface area contributed by atoms with Crippen LogP contribution < -0.4 is 11.1 Å². The van der Waals surface area contributed by atoms with Gasteiger partial charge in [0, 0.05) is 18.8 Å². The number of halogens is 3. The van der Waals surface area contributed by atoms with Gasteiger partial charge < -0.3 is 15.6 Å². The fourth-order valence-corrected chi connectivity index (χ4v) is 2.90. The van der Waals surface area contributed by atoms with Crippen LogP contribution >= 0.6 is 0 Å². The van der Waals surface area contributed by atoms with Gasteiger partial charge in [-0.2, -0.15) is 13.2 Å². The lowest BCUT2D eigenvalue weighted by Crippen LogP contribution is -2.20. The molecule has 3 N–H and O–H groups in total. The molecule has 0 saturated carbocycles. The van der Waals surface area contributed by atoms with Crippen molar-refractivity contribution in [1.29, 1.82) is 0 Å². The van der Waals surface area contributed by atoms with Crippen LogP contribution in [0.5, 0.6) is 0 Å². The number of aromatic nitrogens is 1. The van der Waals surface area contributed by atoms with Crippen molar-refractivity contribution in [2.24, 2.45) is 12.8 Å². The fourth-order valence-electron chi connectivity index (χ4n) is 2.90. The Kier molecular flexibility index (Phi) is 4.96. The van der Waals surface area contributed by atoms with Gasteiger partial charge in [-0.1, -0.05) is 30.3 Å². The molecule has 0 aliphatic rings. The van der Waals surface area contributed by atoms with Crippen LogP contribution in [0, 0.1) is 0 Å². The van der Waals surface area contributed by atoms with E-state index in [1.165, 1.54) is 16.7 Å². The SMILES string of the molecule is Cn1ccc(NC(=O)c2ccccc2-c2ccc(C(F)(F)F)cc2)c1C(N)=O. The third-order valence-corrected chi connectivity index (χ3v) is 4.25. The molecule has 0 saturated heterocycles. The maximum absolute atomic E-state index is 12.8. The number of primary amides is 1. The predicted molar refractivity (Wildman–Crippen MR) is 98.8 cm³/mol. The van der Waals surface area contributed by atoms with Crippen LogP contribution in [0.2, 0.25) is 0 Å². The largest absolute Gasteiger partial charge is 0.416 e. The molecule has 0 aliphatic carbocycles. The van der Waals surface area contributed by atoms with E-state index >= 15 is 0 Å². The highest BCUT2D eigenvalue weighted by Crippen LogP contribution is 2.32. The number of carbonyl (C=O) groups is 2. The highest BCUT2D eigenvalue weighted by Gasteiger charge is 2.30. The third-order valence-electron chi connectivity index (χ3n) is 4.25. The zero-order valence-electron chi connectivity index (χ0n) is 14.7. The summed E-state index contributed by atoms with van der Waals surface area (Å²) in [7, 11) is 1.62. The number of aryl methyl sites for hydroxylation is 1. The Morgan fingerprint density at radius 3 is 2.25 bits per heavy atom. The molecule has 0 unspecified atom stereocenters. The Hall–Kier alpha value is -3.55. The summed E-state index contributed by atoms with van der Waals surface area (Å²) in [5.41, 5.74) is 6.14. The van der Waals surface area contributed by atoms with Crippen LogP contribution in [0.3, 0.4) is 0 Å². The number of hydrogen-bond acceptors (Lipinski definition) is 2. The first-order chi connectivity index (χ1) is 13.2. The summed E-state index contributed by atoms with van der Waals surface area (Å²) in [6.45, 7) is 0. The van der Waals surface area contributed by atoms with Gasteiger partial charge in [-0.3, -0.25) is 9.59 Å². The lowest BCUT2D eigenvalue weighted by atomic mass is 9.98. The minimum Gasteiger partial charge on any atom is -0.364 e. The van der Waals surface area contributed by atoms with E-state index in [9.17, 15) is 22.8 Å². The number of nitrogens with one attached hydrogen (secondary N) is 1. The van der Waals surface area contributed by atoms with Crippen molar-refractivity contribution in [1.82, 2.24) is 4.57 Å². The van der Waals surface area contributed by atoms with Gasteiger partial charge in [0.2, 0.25) is 0 Å². The second kappa shape index (κ2) is 7.22. The number of amides is 2. The number of benzene rings is 2. The quantitative estimate of drug-likeness (QED) is 0.708. The Labute approximate surface area is 158 Å². The monoisotopic (exact) mass is 387 g/mol. The molecular weight excluding hydrogens is 371 g/mol. The Morgan fingerprint density at radius 2 is 1.64 bits per heavy atom. The molecule has 0 spiro atoms. The van der Waals surface area contributed by atoms with E-state index in [1.807, 2.05) is 0 Å². The predicted octanol–water partition coefficient (Wildman–Crippen LogP) is 4.06. The van der Waals surface area contributed by atoms with Gasteiger partial charge in [-0.05, 0) is 35.4 Å². The topological polar surface area (TPSA) is 77.1 Å². The molecule has 1 aromatic heterocycles. The average Bonchev–Trinajstić information content (AvgIpc) is 3.01. The van der Waals surface area contributed by atoms with Crippen molar-refractivity contribution < 1.29 is 22.8 Å². The Bertz CT molecular complexity index is 1040. The van der Waals surface area contributed by atoms with E-state index in [0.717, 1.165) is 12.1 Å². The van der Waals surface area contributed by atoms with E-state index < -0.39 is 23.6 Å². The van der Waals surface area contributed by atoms with Gasteiger partial charge in [0.25, 0.3) is 11.8 Å². The molecule has 0 atom stereocenters. The zero-order chi connectivity index (χ0) is 20.5. The van der Waals surface area contributed by atoms with E-state index in [4.69, 9.17) is 5.73 Å². The number of alkyl halides is 3. The first-order valence-corrected chi connectivity index (χ1v) is 8.21. The van der Waals surface area contributed by atoms with Crippen molar-refractivity contribution in [3.63, 3.8) is 0 Å². The second-order valence-electron chi connectivity index (χ2n) is 6.13. The fraction of sp³-hybridized carbons (Fsp3) is 0.100. The molecule has 0 fully saturated rings. The molecule has 28 heavy (non-hydrogen) atoms. The minimum atomic E-state index is -4.44. The molecule has 2 aromatic carbocycles. The van der Waals surface area contributed by atoms with Gasteiger partial charge in [0.05, 0.1) is 11.3 Å². The van der Waals surface area contributed by atoms with Crippen LogP contribution in [-0.4, -0.2) is 16.4 Å². The molecule has 2 amide bonds. The van der Waals surface area contributed by atoms with Crippen molar-refractivity contribution in [3.05, 3.63) is 77.6 Å². The van der Waals surface area contributed by atoms with E-state index in [-0.39, 0.29) is 16.9 Å². The molecule has 0 aliphatic heterocycles. The summed E-state index contributed by atoms with van der Waals surface area (Å²) in [6, 6.07) is 12.6. The molecule has 1 heterocycles. The third kappa shape index (κ3) is 3.75. The van der Waals surface area contributed by atoms with E-state index in [2.05, 4.69) is 5.32 Å². The molecule has 5 nitrogen and oxygen atoms in total. The summed E-state index contributed by atoms with van der Waals surface area (Å²) in [5, 5.41) is 2.63. The maximum atomic E-state index is 12.8. The summed E-state index contributed by atoms with van der Waals surface area (Å²) in [6.07, 6.45) is -2.86. The highest BCUT2D eigenvalue weighted by atomic mass is 19.4. The second-order valence-corrected chi connectivity index (χ2v) is 6.13. The number of anilines is 1. The van der Waals surface area contributed by atoms with Gasteiger partial charge in [-0.25, -0.2) is 0 Å². The number of nitrogens with zero attached hydrogens (tertiary/aromatic N) is 1. The highest BCUT2D eigenvalue weighted by molar-refractivity contribution is 6.11. The van der Waals surface area contributed by atoms with Crippen molar-refractivity contribution >= 4 is 17.5 Å². The van der Waals surface area contributed by atoms with Crippen LogP contribution in [0.25, 0.3) is 11.1 Å². The van der Waals surface area contributed by atoms with Crippen LogP contribution in [0.1, 0.15) is 26.4 Å². The molecule has 0 bridgehead atoms. The molecule has 8 heteroatoms. The lowest BCUT2D eigenvalue weighted by molar-refractivity contribution is -0.137. The van der Waals surface area contributed by atoms with Crippen LogP contribution in [0.4, 0.5) is 18.9 Å². The number of hydrogen-bond donors (Lipinski definition) is 2. The van der Waals surface area contributed by atoms with Gasteiger partial charge in [0.1, 0.15) is 5.69 Å². The normalized spacial score (nSPS) is 11.3.